The summed E-state index contributed by atoms with van der Waals surface area (Å²) in [5.41, 5.74) is 13.2. The van der Waals surface area contributed by atoms with Crippen LogP contribution >= 0.6 is 45.6 Å². The van der Waals surface area contributed by atoms with Gasteiger partial charge in [-0.25, -0.2) is 4.98 Å². The molecule has 0 bridgehead atoms. The zero-order valence-electron chi connectivity index (χ0n) is 73.6. The maximum absolute atomic E-state index is 14.1. The van der Waals surface area contributed by atoms with Crippen LogP contribution < -0.4 is 31.3 Å². The Balaban J connectivity index is 0.000000219. The molecule has 0 radical (unpaired) electrons. The largest absolute Gasteiger partial charge is 0.483 e. The molecule has 4 aromatic carbocycles. The van der Waals surface area contributed by atoms with Crippen molar-refractivity contribution in [2.24, 2.45) is 15.4 Å². The number of likely N-dealkylation sites (tertiary alicyclic amines) is 1. The van der Waals surface area contributed by atoms with Gasteiger partial charge in [0.25, 0.3) is 17.7 Å². The second-order valence-corrected chi connectivity index (χ2v) is 37.6. The fourth-order valence-electron chi connectivity index (χ4n) is 16.3. The summed E-state index contributed by atoms with van der Waals surface area (Å²) in [5.74, 6) is -1.32. The highest BCUT2D eigenvalue weighted by atomic mass is 35.5. The average Bonchev–Trinajstić information content (AvgIpc) is 1.60. The van der Waals surface area contributed by atoms with Gasteiger partial charge in [-0.3, -0.25) is 77.3 Å². The van der Waals surface area contributed by atoms with E-state index in [4.69, 9.17) is 35.8 Å². The molecule has 5 aliphatic rings. The summed E-state index contributed by atoms with van der Waals surface area (Å²) in [7, 11) is 0. The van der Waals surface area contributed by atoms with Gasteiger partial charge in [-0.1, -0.05) is 137 Å². The number of carbonyl (C=O) groups is 10. The number of thiazole rings is 1. The van der Waals surface area contributed by atoms with Gasteiger partial charge in [-0.15, -0.1) is 54.4 Å². The van der Waals surface area contributed by atoms with Gasteiger partial charge in [0.05, 0.1) is 63.8 Å². The number of ether oxygens (including phenoxy) is 3. The molecule has 2 saturated heterocycles. The van der Waals surface area contributed by atoms with Gasteiger partial charge in [0, 0.05) is 95.6 Å². The molecule has 0 spiro atoms. The molecule has 2 fully saturated rings. The van der Waals surface area contributed by atoms with Gasteiger partial charge < -0.3 is 45.5 Å². The molecule has 14 rings (SSSR count). The number of halogens is 1. The second-order valence-electron chi connectivity index (χ2n) is 33.9. The standard InChI is InChI=1S/C50H63N9O7S2.C43H46ClN7O7S/c1-28-11-13-35(14-12-28)43-42-29(2)32(5)68-49(42)59-33(6)56-57-46(59)38(54-43)24-40(61)51-19-22-65-20-10-21-66-26-41(62)55-45(50(7,8)9)48(64)58-25-37(60)23-39(58)47(63)53-30(3)34-15-17-36(18-16-34)44-31(4)52-27-67-44;1-24-25(2)59-43-36(24)38(27-15-17-28(44)18-16-27)46-31(39-49-48-26(3)50(39)43)22-29(52)12-9-7-5-4-6-8-10-21-45-35(54)23-58-33-14-11-13-30-37(33)42(57)51(41(30)56)32-19-20-34(53)47-40(32)55/h11-18,27,30,37-39,45,60H,10,19-26H2,1-9H3,(H,51,61)(H,53,63)(H,55,62);11,13-18,31-32H,4-10,12,19-23H2,1-3H3,(H,45,54)(H,47,53,55)/t30-,37+,38-,39-,45+;31-,32?/m00/s1. The highest BCUT2D eigenvalue weighted by Crippen LogP contribution is 2.43. The van der Waals surface area contributed by atoms with Crippen LogP contribution in [0.1, 0.15) is 240 Å². The first-order valence-electron chi connectivity index (χ1n) is 43.1. The SMILES string of the molecule is Cc1ccc(C2=N[C@@H](CC(=O)NCCOCCCOCC(=O)N[C@H](C(=O)N3C[C@H](O)C[C@H]3C(=O)N[C@@H](C)c3ccc(-c4scnc4C)cc3)C(C)(C)C)c3nnc(C)n3-c3sc(C)c(C)c32)cc1.Cc1sc2c(c1C)C(c1ccc(Cl)cc1)=N[C@@H](CC(=O)CCCCCCCCCNC(=O)COc1cccc3c1C(=O)N(C1CCC(=O)NC1=O)C3=O)c1nnc(C)n1-2. The number of ketones is 1. The van der Waals surface area contributed by atoms with Crippen LogP contribution in [0, 0.1) is 60.8 Å². The van der Waals surface area contributed by atoms with Crippen molar-refractivity contribution in [3.63, 3.8) is 0 Å². The Morgan fingerprint density at radius 1 is 0.630 bits per heavy atom. The van der Waals surface area contributed by atoms with E-state index < -0.39 is 77.2 Å². The fraction of sp³-hybridized carbons (Fsp3) is 0.452. The molecule has 34 heteroatoms. The number of nitrogens with one attached hydrogen (secondary N) is 5. The molecule has 30 nitrogen and oxygen atoms in total. The van der Waals surface area contributed by atoms with Crippen molar-refractivity contribution in [3.8, 4) is 26.2 Å². The number of imide groups is 2. The molecule has 1 unspecified atom stereocenters. The molecule has 6 N–H and O–H groups in total. The number of Topliss-reactive ketones (excluding diaryl/α,β-unsaturated/α-hetero) is 1. The van der Waals surface area contributed by atoms with Crippen LogP contribution in [0.5, 0.6) is 5.75 Å². The number of hydrogen-bond donors (Lipinski definition) is 6. The molecular weight excluding hydrogens is 1700 g/mol. The number of aryl methyl sites for hydroxylation is 6. The van der Waals surface area contributed by atoms with E-state index in [0.717, 1.165) is 144 Å². The number of aliphatic imine (C=N–C) groups is 2. The average molecular weight is 1810 g/mol. The van der Waals surface area contributed by atoms with Crippen molar-refractivity contribution in [3.05, 3.63) is 196 Å². The molecule has 7 atom stereocenters. The van der Waals surface area contributed by atoms with E-state index in [1.165, 1.54) is 26.8 Å². The summed E-state index contributed by atoms with van der Waals surface area (Å²) in [6, 6.07) is 24.0. The predicted octanol–water partition coefficient (Wildman–Crippen LogP) is 12.7. The monoisotopic (exact) mass is 1800 g/mol. The van der Waals surface area contributed by atoms with Gasteiger partial charge in [-0.2, -0.15) is 0 Å². The van der Waals surface area contributed by atoms with Crippen LogP contribution in [-0.2, 0) is 47.8 Å². The normalized spacial score (nSPS) is 17.5. The van der Waals surface area contributed by atoms with Crippen molar-refractivity contribution in [1.29, 1.82) is 0 Å². The number of amides is 9. The Hall–Kier alpha value is -11.2. The number of unbranched alkanes of at least 4 members (excludes halogenated alkanes) is 6. The number of aliphatic hydroxyl groups is 1. The number of benzene rings is 4. The number of β-amino-alcohol motifs (C(OH)–C–C–N with tert-alkyl or cyclic N) is 1. The fourth-order valence-corrected chi connectivity index (χ4v) is 19.7. The Morgan fingerprint density at radius 3 is 1.83 bits per heavy atom. The third-order valence-corrected chi connectivity index (χ3v) is 27.0. The van der Waals surface area contributed by atoms with Gasteiger partial charge >= 0.3 is 0 Å². The Morgan fingerprint density at radius 2 is 1.22 bits per heavy atom. The van der Waals surface area contributed by atoms with Crippen LogP contribution in [0.2, 0.25) is 5.02 Å². The van der Waals surface area contributed by atoms with Crippen LogP contribution in [0.25, 0.3) is 20.4 Å². The van der Waals surface area contributed by atoms with E-state index in [1.54, 1.807) is 40.1 Å². The summed E-state index contributed by atoms with van der Waals surface area (Å²) < 4.78 is 21.2. The second kappa shape index (κ2) is 41.7. The Bertz CT molecular complexity index is 5670. The molecule has 9 aromatic rings. The third-order valence-electron chi connectivity index (χ3n) is 23.4. The molecule has 0 saturated carbocycles. The number of carbonyl (C=O) groups excluding carboxylic acids is 10. The lowest BCUT2D eigenvalue weighted by Crippen LogP contribution is -2.58. The van der Waals surface area contributed by atoms with Crippen LogP contribution in [0.4, 0.5) is 0 Å². The van der Waals surface area contributed by atoms with Crippen molar-refractivity contribution in [2.45, 2.75) is 215 Å². The Kier molecular flexibility index (Phi) is 30.7. The summed E-state index contributed by atoms with van der Waals surface area (Å²) in [6.07, 6.45) is 7.04. The van der Waals surface area contributed by atoms with E-state index in [1.807, 2.05) is 114 Å². The number of nitrogens with zero attached hydrogens (tertiary/aromatic N) is 11. The lowest BCUT2D eigenvalue weighted by molar-refractivity contribution is -0.144. The summed E-state index contributed by atoms with van der Waals surface area (Å²) >= 11 is 11.2. The topological polar surface area (TPSA) is 384 Å². The van der Waals surface area contributed by atoms with Gasteiger partial charge in [0.2, 0.25) is 35.4 Å². The quantitative estimate of drug-likeness (QED) is 0.0159. The van der Waals surface area contributed by atoms with Crippen molar-refractivity contribution < 1.29 is 67.3 Å². The summed E-state index contributed by atoms with van der Waals surface area (Å²) in [6.45, 7) is 24.6. The summed E-state index contributed by atoms with van der Waals surface area (Å²) in [4.78, 5) is 151. The molecule has 5 aromatic heterocycles. The maximum Gasteiger partial charge on any atom is 0.266 e. The Labute approximate surface area is 754 Å². The minimum Gasteiger partial charge on any atom is -0.483 e. The summed E-state index contributed by atoms with van der Waals surface area (Å²) in [5, 5.41) is 44.9. The molecule has 127 heavy (non-hydrogen) atoms. The number of thiophene rings is 2. The molecule has 0 aliphatic carbocycles. The van der Waals surface area contributed by atoms with Crippen LogP contribution in [0.3, 0.4) is 0 Å². The zero-order chi connectivity index (χ0) is 90.7. The van der Waals surface area contributed by atoms with Crippen molar-refractivity contribution in [2.75, 3.05) is 52.7 Å². The smallest absolute Gasteiger partial charge is 0.266 e. The number of piperidine rings is 1. The molecule has 9 amide bonds. The highest BCUT2D eigenvalue weighted by molar-refractivity contribution is 7.15. The van der Waals surface area contributed by atoms with Crippen molar-refractivity contribution in [1.82, 2.24) is 70.9 Å². The number of aliphatic hydroxyl groups excluding tert-OH is 1. The maximum atomic E-state index is 14.1. The number of hydrogen-bond acceptors (Lipinski definition) is 24. The first kappa shape index (κ1) is 93.4. The number of aromatic nitrogens is 7. The van der Waals surface area contributed by atoms with Crippen LogP contribution in [-0.4, -0.2) is 197 Å². The van der Waals surface area contributed by atoms with Gasteiger partial charge in [-0.05, 0) is 140 Å². The zero-order valence-corrected chi connectivity index (χ0v) is 76.8. The van der Waals surface area contributed by atoms with E-state index in [9.17, 15) is 53.1 Å². The van der Waals surface area contributed by atoms with Gasteiger partial charge in [0.1, 0.15) is 70.0 Å². The lowest BCUT2D eigenvalue weighted by Gasteiger charge is -2.35. The minimum absolute atomic E-state index is 0.0000317. The van der Waals surface area contributed by atoms with Crippen LogP contribution in [0.15, 0.2) is 106 Å². The van der Waals surface area contributed by atoms with E-state index in [0.29, 0.717) is 49.2 Å². The van der Waals surface area contributed by atoms with Crippen molar-refractivity contribution >= 4 is 116 Å². The van der Waals surface area contributed by atoms with Gasteiger partial charge in [0.15, 0.2) is 18.3 Å². The number of fused-ring (bicyclic) bond motifs is 7. The minimum atomic E-state index is -1.09. The number of rotatable bonds is 35. The lowest BCUT2D eigenvalue weighted by atomic mass is 9.85. The van der Waals surface area contributed by atoms with E-state index >= 15 is 0 Å². The first-order chi connectivity index (χ1) is 60.8. The molecular formula is C93H109ClN16O14S3. The molecule has 670 valence electrons. The van der Waals surface area contributed by atoms with E-state index in [2.05, 4.69) is 108 Å². The molecule has 5 aliphatic heterocycles. The highest BCUT2D eigenvalue weighted by Gasteiger charge is 2.48. The third kappa shape index (κ3) is 22.0. The predicted molar refractivity (Wildman–Crippen MR) is 485 cm³/mol. The molecule has 10 heterocycles. The van der Waals surface area contributed by atoms with E-state index in [-0.39, 0.29) is 111 Å². The first-order valence-corrected chi connectivity index (χ1v) is 46.0.